The molecule has 0 aliphatic carbocycles. The van der Waals surface area contributed by atoms with Crippen LogP contribution < -0.4 is 10.2 Å². The fraction of sp³-hybridized carbons (Fsp3) is 0.278. The Balaban J connectivity index is 1.69. The molecule has 4 nitrogen and oxygen atoms in total. The first-order valence-electron chi connectivity index (χ1n) is 7.93. The number of likely N-dealkylation sites (N-methyl/N-ethyl adjacent to an activating group) is 1. The summed E-state index contributed by atoms with van der Waals surface area (Å²) >= 11 is 5.82. The summed E-state index contributed by atoms with van der Waals surface area (Å²) < 4.78 is 26.4. The molecule has 1 fully saturated rings. The van der Waals surface area contributed by atoms with Gasteiger partial charge in [0.25, 0.3) is 5.91 Å². The summed E-state index contributed by atoms with van der Waals surface area (Å²) in [6.45, 7) is 3.92. The molecule has 25 heavy (non-hydrogen) atoms. The van der Waals surface area contributed by atoms with Gasteiger partial charge in [-0.15, -0.1) is 0 Å². The minimum Gasteiger partial charge on any atom is -0.369 e. The Morgan fingerprint density at radius 2 is 1.64 bits per heavy atom. The van der Waals surface area contributed by atoms with E-state index in [1.807, 2.05) is 12.1 Å². The third-order valence-corrected chi connectivity index (χ3v) is 4.56. The number of hydrogen-bond donors (Lipinski definition) is 1. The molecule has 1 aliphatic rings. The number of rotatable bonds is 3. The molecule has 3 rings (SSSR count). The quantitative estimate of drug-likeness (QED) is 0.844. The maximum absolute atomic E-state index is 13.3. The van der Waals surface area contributed by atoms with Crippen LogP contribution in [0.25, 0.3) is 0 Å². The van der Waals surface area contributed by atoms with Gasteiger partial charge in [-0.3, -0.25) is 4.79 Å². The van der Waals surface area contributed by atoms with Crippen LogP contribution in [-0.4, -0.2) is 44.0 Å². The Kier molecular flexibility index (Phi) is 5.20. The average Bonchev–Trinajstić information content (AvgIpc) is 2.59. The van der Waals surface area contributed by atoms with Crippen LogP contribution in [0.4, 0.5) is 20.2 Å². The van der Waals surface area contributed by atoms with E-state index in [1.54, 1.807) is 12.1 Å². The van der Waals surface area contributed by atoms with Gasteiger partial charge in [-0.25, -0.2) is 8.78 Å². The number of carbonyl (C=O) groups is 1. The fourth-order valence-corrected chi connectivity index (χ4v) is 2.95. The van der Waals surface area contributed by atoms with Crippen LogP contribution >= 0.6 is 11.6 Å². The van der Waals surface area contributed by atoms with Crippen LogP contribution in [-0.2, 0) is 0 Å². The highest BCUT2D eigenvalue weighted by molar-refractivity contribution is 6.34. The second-order valence-corrected chi connectivity index (χ2v) is 6.44. The van der Waals surface area contributed by atoms with Crippen molar-refractivity contribution in [2.24, 2.45) is 0 Å². The van der Waals surface area contributed by atoms with Gasteiger partial charge in [-0.2, -0.15) is 0 Å². The molecule has 0 spiro atoms. The predicted molar refractivity (Wildman–Crippen MR) is 95.5 cm³/mol. The van der Waals surface area contributed by atoms with Crippen molar-refractivity contribution >= 4 is 28.9 Å². The molecule has 0 saturated carbocycles. The highest BCUT2D eigenvalue weighted by Gasteiger charge is 2.16. The molecule has 2 aromatic carbocycles. The van der Waals surface area contributed by atoms with E-state index in [-0.39, 0.29) is 10.6 Å². The zero-order valence-corrected chi connectivity index (χ0v) is 14.5. The first kappa shape index (κ1) is 17.6. The van der Waals surface area contributed by atoms with E-state index in [0.29, 0.717) is 5.69 Å². The topological polar surface area (TPSA) is 35.6 Å². The number of carbonyl (C=O) groups excluding carboxylic acids is 1. The number of benzene rings is 2. The van der Waals surface area contributed by atoms with Gasteiger partial charge >= 0.3 is 0 Å². The number of nitrogens with zero attached hydrogens (tertiary/aromatic N) is 2. The summed E-state index contributed by atoms with van der Waals surface area (Å²) in [5, 5.41) is 2.51. The predicted octanol–water partition coefficient (Wildman–Crippen LogP) is 3.62. The number of hydrogen-bond acceptors (Lipinski definition) is 3. The summed E-state index contributed by atoms with van der Waals surface area (Å²) in [4.78, 5) is 16.8. The van der Waals surface area contributed by atoms with Crippen LogP contribution in [0, 0.1) is 11.6 Å². The Morgan fingerprint density at radius 1 is 1.04 bits per heavy atom. The molecule has 2 aromatic rings. The van der Waals surface area contributed by atoms with Gasteiger partial charge in [-0.1, -0.05) is 11.6 Å². The molecular formula is C18H18ClF2N3O. The molecule has 7 heteroatoms. The van der Waals surface area contributed by atoms with Crippen molar-refractivity contribution in [1.82, 2.24) is 4.90 Å². The lowest BCUT2D eigenvalue weighted by molar-refractivity contribution is 0.102. The lowest BCUT2D eigenvalue weighted by Gasteiger charge is -2.34. The van der Waals surface area contributed by atoms with Gasteiger partial charge in [-0.05, 0) is 43.4 Å². The molecule has 0 atom stereocenters. The summed E-state index contributed by atoms with van der Waals surface area (Å²) in [6, 6.07) is 8.99. The Bertz CT molecular complexity index is 775. The lowest BCUT2D eigenvalue weighted by Crippen LogP contribution is -2.44. The van der Waals surface area contributed by atoms with E-state index in [0.717, 1.165) is 44.0 Å². The summed E-state index contributed by atoms with van der Waals surface area (Å²) in [7, 11) is 2.10. The number of halogens is 3. The molecule has 0 aromatic heterocycles. The zero-order valence-electron chi connectivity index (χ0n) is 13.7. The van der Waals surface area contributed by atoms with E-state index in [9.17, 15) is 13.6 Å². The van der Waals surface area contributed by atoms with Crippen molar-refractivity contribution in [2.45, 2.75) is 0 Å². The van der Waals surface area contributed by atoms with Gasteiger partial charge in [0.05, 0.1) is 10.6 Å². The third-order valence-electron chi connectivity index (χ3n) is 4.25. The summed E-state index contributed by atoms with van der Waals surface area (Å²) in [5.41, 5.74) is 1.53. The van der Waals surface area contributed by atoms with Gasteiger partial charge in [0.15, 0.2) is 11.6 Å². The molecule has 0 radical (unpaired) electrons. The molecule has 1 amide bonds. The third kappa shape index (κ3) is 4.08. The van der Waals surface area contributed by atoms with Crippen molar-refractivity contribution in [3.05, 3.63) is 58.6 Å². The molecule has 132 valence electrons. The molecule has 1 heterocycles. The minimum atomic E-state index is -1.11. The minimum absolute atomic E-state index is 0.108. The Hall–Kier alpha value is -2.18. The highest BCUT2D eigenvalue weighted by Crippen LogP contribution is 2.23. The summed E-state index contributed by atoms with van der Waals surface area (Å²) in [5.74, 6) is -2.78. The van der Waals surface area contributed by atoms with E-state index >= 15 is 0 Å². The highest BCUT2D eigenvalue weighted by atomic mass is 35.5. The largest absolute Gasteiger partial charge is 0.369 e. The molecule has 0 bridgehead atoms. The average molecular weight is 366 g/mol. The SMILES string of the molecule is CN1CCN(c2ccc(NC(=O)c3cc(F)c(F)cc3Cl)cc2)CC1. The Morgan fingerprint density at radius 3 is 2.28 bits per heavy atom. The molecule has 1 N–H and O–H groups in total. The maximum Gasteiger partial charge on any atom is 0.257 e. The van der Waals surface area contributed by atoms with Gasteiger partial charge in [0.1, 0.15) is 0 Å². The number of nitrogens with one attached hydrogen (secondary N) is 1. The van der Waals surface area contributed by atoms with Crippen LogP contribution in [0.1, 0.15) is 10.4 Å². The Labute approximate surface area is 150 Å². The molecule has 0 unspecified atom stereocenters. The number of anilines is 2. The zero-order chi connectivity index (χ0) is 18.0. The second kappa shape index (κ2) is 7.37. The van der Waals surface area contributed by atoms with Crippen molar-refractivity contribution in [1.29, 1.82) is 0 Å². The normalized spacial score (nSPS) is 15.3. The molecule has 1 saturated heterocycles. The van der Waals surface area contributed by atoms with E-state index in [4.69, 9.17) is 11.6 Å². The number of amides is 1. The van der Waals surface area contributed by atoms with Gasteiger partial charge in [0.2, 0.25) is 0 Å². The summed E-state index contributed by atoms with van der Waals surface area (Å²) in [6.07, 6.45) is 0. The molecular weight excluding hydrogens is 348 g/mol. The standard InChI is InChI=1S/C18H18ClF2N3O/c1-23-6-8-24(9-7-23)13-4-2-12(3-5-13)22-18(25)14-10-16(20)17(21)11-15(14)19/h2-5,10-11H,6-9H2,1H3,(H,22,25). The smallest absolute Gasteiger partial charge is 0.257 e. The van der Waals surface area contributed by atoms with Crippen LogP contribution in [0.3, 0.4) is 0 Å². The van der Waals surface area contributed by atoms with Crippen LogP contribution in [0.15, 0.2) is 36.4 Å². The van der Waals surface area contributed by atoms with Crippen molar-refractivity contribution in [2.75, 3.05) is 43.4 Å². The number of piperazine rings is 1. The first-order chi connectivity index (χ1) is 11.9. The van der Waals surface area contributed by atoms with E-state index in [2.05, 4.69) is 22.2 Å². The second-order valence-electron chi connectivity index (χ2n) is 6.04. The van der Waals surface area contributed by atoms with E-state index in [1.165, 1.54) is 0 Å². The van der Waals surface area contributed by atoms with Crippen molar-refractivity contribution in [3.63, 3.8) is 0 Å². The van der Waals surface area contributed by atoms with Gasteiger partial charge < -0.3 is 15.1 Å². The first-order valence-corrected chi connectivity index (χ1v) is 8.31. The fourth-order valence-electron chi connectivity index (χ4n) is 2.72. The van der Waals surface area contributed by atoms with Gasteiger partial charge in [0, 0.05) is 37.6 Å². The van der Waals surface area contributed by atoms with Crippen LogP contribution in [0.2, 0.25) is 5.02 Å². The maximum atomic E-state index is 13.3. The van der Waals surface area contributed by atoms with Crippen molar-refractivity contribution < 1.29 is 13.6 Å². The lowest BCUT2D eigenvalue weighted by atomic mass is 10.2. The monoisotopic (exact) mass is 365 g/mol. The molecule has 1 aliphatic heterocycles. The van der Waals surface area contributed by atoms with E-state index < -0.39 is 17.5 Å². The van der Waals surface area contributed by atoms with Crippen molar-refractivity contribution in [3.8, 4) is 0 Å². The van der Waals surface area contributed by atoms with Crippen LogP contribution in [0.5, 0.6) is 0 Å².